The SMILES string of the molecule is O=C(Oc1ccccc1)[C@@H]1O[C@H]1C(=O)Oc1ccccc1. The molecule has 3 rings (SSSR count). The summed E-state index contributed by atoms with van der Waals surface area (Å²) >= 11 is 0. The maximum absolute atomic E-state index is 11.8. The van der Waals surface area contributed by atoms with Gasteiger partial charge in [0.15, 0.2) is 12.2 Å². The van der Waals surface area contributed by atoms with Gasteiger partial charge in [0.25, 0.3) is 0 Å². The Morgan fingerprint density at radius 3 is 1.48 bits per heavy atom. The number of carbonyl (C=O) groups excluding carboxylic acids is 2. The predicted octanol–water partition coefficient (Wildman–Crippen LogP) is 1.96. The molecular weight excluding hydrogens is 272 g/mol. The van der Waals surface area contributed by atoms with Crippen LogP contribution >= 0.6 is 0 Å². The summed E-state index contributed by atoms with van der Waals surface area (Å²) in [5.41, 5.74) is 0. The Kier molecular flexibility index (Phi) is 3.66. The van der Waals surface area contributed by atoms with E-state index in [4.69, 9.17) is 14.2 Å². The first-order valence-electron chi connectivity index (χ1n) is 6.43. The van der Waals surface area contributed by atoms with Crippen molar-refractivity contribution in [3.05, 3.63) is 60.7 Å². The highest BCUT2D eigenvalue weighted by molar-refractivity contribution is 5.91. The molecule has 0 amide bonds. The lowest BCUT2D eigenvalue weighted by molar-refractivity contribution is -0.138. The topological polar surface area (TPSA) is 65.1 Å². The molecule has 0 aromatic heterocycles. The summed E-state index contributed by atoms with van der Waals surface area (Å²) in [7, 11) is 0. The molecule has 0 spiro atoms. The summed E-state index contributed by atoms with van der Waals surface area (Å²) in [5, 5.41) is 0. The zero-order valence-corrected chi connectivity index (χ0v) is 11.0. The van der Waals surface area contributed by atoms with E-state index in [0.29, 0.717) is 11.5 Å². The molecule has 0 aliphatic carbocycles. The van der Waals surface area contributed by atoms with E-state index in [-0.39, 0.29) is 0 Å². The second-order valence-electron chi connectivity index (χ2n) is 4.45. The molecule has 21 heavy (non-hydrogen) atoms. The van der Waals surface area contributed by atoms with Crippen LogP contribution in [0.2, 0.25) is 0 Å². The van der Waals surface area contributed by atoms with Crippen molar-refractivity contribution in [3.63, 3.8) is 0 Å². The number of para-hydroxylation sites is 2. The van der Waals surface area contributed by atoms with Crippen LogP contribution in [0.25, 0.3) is 0 Å². The fraction of sp³-hybridized carbons (Fsp3) is 0.125. The molecule has 2 aromatic carbocycles. The van der Waals surface area contributed by atoms with Gasteiger partial charge in [-0.2, -0.15) is 0 Å². The van der Waals surface area contributed by atoms with Crippen LogP contribution in [0.1, 0.15) is 0 Å². The van der Waals surface area contributed by atoms with Crippen LogP contribution in [0.3, 0.4) is 0 Å². The number of hydrogen-bond acceptors (Lipinski definition) is 5. The van der Waals surface area contributed by atoms with Crippen molar-refractivity contribution < 1.29 is 23.8 Å². The van der Waals surface area contributed by atoms with Crippen LogP contribution < -0.4 is 9.47 Å². The third-order valence-corrected chi connectivity index (χ3v) is 2.88. The number of benzene rings is 2. The van der Waals surface area contributed by atoms with Crippen LogP contribution in [0.15, 0.2) is 60.7 Å². The molecule has 0 unspecified atom stereocenters. The van der Waals surface area contributed by atoms with Gasteiger partial charge in [-0.25, -0.2) is 9.59 Å². The fourth-order valence-electron chi connectivity index (χ4n) is 1.80. The van der Waals surface area contributed by atoms with E-state index in [0.717, 1.165) is 0 Å². The minimum atomic E-state index is -0.901. The van der Waals surface area contributed by atoms with Crippen molar-refractivity contribution in [1.82, 2.24) is 0 Å². The normalized spacial score (nSPS) is 19.6. The summed E-state index contributed by atoms with van der Waals surface area (Å²) in [6, 6.07) is 17.2. The fourth-order valence-corrected chi connectivity index (χ4v) is 1.80. The lowest BCUT2D eigenvalue weighted by atomic mass is 10.3. The smallest absolute Gasteiger partial charge is 0.344 e. The lowest BCUT2D eigenvalue weighted by Gasteiger charge is -2.02. The van der Waals surface area contributed by atoms with E-state index >= 15 is 0 Å². The molecule has 1 aliphatic rings. The Bertz CT molecular complexity index is 581. The number of ether oxygens (including phenoxy) is 3. The number of carbonyl (C=O) groups is 2. The monoisotopic (exact) mass is 284 g/mol. The summed E-state index contributed by atoms with van der Waals surface area (Å²) in [6.45, 7) is 0. The van der Waals surface area contributed by atoms with Crippen LogP contribution in [-0.2, 0) is 14.3 Å². The van der Waals surface area contributed by atoms with Crippen LogP contribution in [0.5, 0.6) is 11.5 Å². The van der Waals surface area contributed by atoms with E-state index in [1.165, 1.54) is 0 Å². The molecule has 1 fully saturated rings. The summed E-state index contributed by atoms with van der Waals surface area (Å²) in [5.74, 6) is -0.381. The van der Waals surface area contributed by atoms with Gasteiger partial charge >= 0.3 is 11.9 Å². The van der Waals surface area contributed by atoms with Gasteiger partial charge < -0.3 is 14.2 Å². The Balaban J connectivity index is 1.54. The molecule has 1 heterocycles. The minimum Gasteiger partial charge on any atom is -0.425 e. The van der Waals surface area contributed by atoms with Gasteiger partial charge in [-0.15, -0.1) is 0 Å². The van der Waals surface area contributed by atoms with Crippen molar-refractivity contribution in [2.24, 2.45) is 0 Å². The maximum Gasteiger partial charge on any atom is 0.344 e. The molecule has 5 nitrogen and oxygen atoms in total. The molecule has 2 atom stereocenters. The van der Waals surface area contributed by atoms with Crippen molar-refractivity contribution in [3.8, 4) is 11.5 Å². The zero-order valence-electron chi connectivity index (χ0n) is 11.0. The molecule has 2 aromatic rings. The third-order valence-electron chi connectivity index (χ3n) is 2.88. The lowest BCUT2D eigenvalue weighted by Crippen LogP contribution is -2.23. The molecule has 1 aliphatic heterocycles. The van der Waals surface area contributed by atoms with E-state index in [1.807, 2.05) is 12.1 Å². The number of hydrogen-bond donors (Lipinski definition) is 0. The highest BCUT2D eigenvalue weighted by Crippen LogP contribution is 2.26. The Hall–Kier alpha value is -2.66. The largest absolute Gasteiger partial charge is 0.425 e. The first-order valence-corrected chi connectivity index (χ1v) is 6.43. The minimum absolute atomic E-state index is 0.410. The molecule has 0 bridgehead atoms. The Morgan fingerprint density at radius 1 is 0.714 bits per heavy atom. The Morgan fingerprint density at radius 2 is 1.10 bits per heavy atom. The van der Waals surface area contributed by atoms with Gasteiger partial charge in [-0.3, -0.25) is 0 Å². The average molecular weight is 284 g/mol. The molecule has 1 saturated heterocycles. The maximum atomic E-state index is 11.8. The zero-order chi connectivity index (χ0) is 14.7. The molecule has 0 saturated carbocycles. The van der Waals surface area contributed by atoms with Crippen molar-refractivity contribution in [2.45, 2.75) is 12.2 Å². The predicted molar refractivity (Wildman–Crippen MR) is 72.8 cm³/mol. The number of rotatable bonds is 4. The van der Waals surface area contributed by atoms with Gasteiger partial charge in [0.05, 0.1) is 0 Å². The van der Waals surface area contributed by atoms with Crippen molar-refractivity contribution in [1.29, 1.82) is 0 Å². The van der Waals surface area contributed by atoms with Crippen LogP contribution in [0.4, 0.5) is 0 Å². The summed E-state index contributed by atoms with van der Waals surface area (Å²) in [6.07, 6.45) is -1.80. The molecule has 0 radical (unpaired) electrons. The standard InChI is InChI=1S/C16H12O5/c17-15(19-11-7-3-1-4-8-11)13-14(21-13)16(18)20-12-9-5-2-6-10-12/h1-10,13-14H/t13-,14-/m1/s1. The van der Waals surface area contributed by atoms with Crippen LogP contribution in [0, 0.1) is 0 Å². The summed E-state index contributed by atoms with van der Waals surface area (Å²) < 4.78 is 15.2. The first kappa shape index (κ1) is 13.3. The second kappa shape index (κ2) is 5.76. The van der Waals surface area contributed by atoms with E-state index in [1.54, 1.807) is 48.5 Å². The van der Waals surface area contributed by atoms with Crippen molar-refractivity contribution in [2.75, 3.05) is 0 Å². The molecule has 0 N–H and O–H groups in total. The van der Waals surface area contributed by atoms with E-state index in [2.05, 4.69) is 0 Å². The second-order valence-corrected chi connectivity index (χ2v) is 4.45. The molecule has 5 heteroatoms. The third kappa shape index (κ3) is 3.27. The van der Waals surface area contributed by atoms with Gasteiger partial charge in [-0.1, -0.05) is 36.4 Å². The Labute approximate surface area is 121 Å². The van der Waals surface area contributed by atoms with Gasteiger partial charge in [0, 0.05) is 0 Å². The van der Waals surface area contributed by atoms with Gasteiger partial charge in [-0.05, 0) is 24.3 Å². The molecule has 106 valence electrons. The number of epoxide rings is 1. The van der Waals surface area contributed by atoms with Crippen LogP contribution in [-0.4, -0.2) is 24.1 Å². The van der Waals surface area contributed by atoms with Gasteiger partial charge in [0.2, 0.25) is 0 Å². The van der Waals surface area contributed by atoms with Crippen molar-refractivity contribution >= 4 is 11.9 Å². The highest BCUT2D eigenvalue weighted by Gasteiger charge is 2.53. The quantitative estimate of drug-likeness (QED) is 0.488. The summed E-state index contributed by atoms with van der Waals surface area (Å²) in [4.78, 5) is 23.6. The first-order chi connectivity index (χ1) is 10.2. The number of esters is 2. The highest BCUT2D eigenvalue weighted by atomic mass is 16.7. The van der Waals surface area contributed by atoms with E-state index in [9.17, 15) is 9.59 Å². The van der Waals surface area contributed by atoms with Gasteiger partial charge in [0.1, 0.15) is 11.5 Å². The average Bonchev–Trinajstić information content (AvgIpc) is 3.30. The molecular formula is C16H12O5. The van der Waals surface area contributed by atoms with E-state index < -0.39 is 24.1 Å².